The Morgan fingerprint density at radius 2 is 2.14 bits per heavy atom. The van der Waals surface area contributed by atoms with Gasteiger partial charge < -0.3 is 0 Å². The van der Waals surface area contributed by atoms with Crippen LogP contribution in [0.5, 0.6) is 0 Å². The van der Waals surface area contributed by atoms with Crippen molar-refractivity contribution in [3.05, 3.63) is 35.9 Å². The van der Waals surface area contributed by atoms with Crippen LogP contribution in [0.1, 0.15) is 18.4 Å². The molecule has 1 saturated heterocycles. The van der Waals surface area contributed by atoms with Gasteiger partial charge in [-0.2, -0.15) is 16.9 Å². The summed E-state index contributed by atoms with van der Waals surface area (Å²) < 4.78 is 0. The molecular weight excluding hydrogens is 282 g/mol. The predicted molar refractivity (Wildman–Crippen MR) is 87.7 cm³/mol. The largest absolute Gasteiger partial charge is 0.293 e. The number of carbonyl (C=O) groups is 1. The number of amides is 1. The SMILES string of the molecule is CSC1CCN(CC(=O)N2CCC(c3ccccc3)=N2)C1. The molecule has 0 aromatic heterocycles. The van der Waals surface area contributed by atoms with E-state index in [9.17, 15) is 4.79 Å². The molecule has 1 atom stereocenters. The van der Waals surface area contributed by atoms with Gasteiger partial charge in [0.2, 0.25) is 0 Å². The van der Waals surface area contributed by atoms with Gasteiger partial charge in [-0.3, -0.25) is 9.69 Å². The molecule has 1 fully saturated rings. The van der Waals surface area contributed by atoms with E-state index in [0.717, 1.165) is 30.8 Å². The van der Waals surface area contributed by atoms with Crippen LogP contribution in [0.25, 0.3) is 0 Å². The molecule has 0 spiro atoms. The van der Waals surface area contributed by atoms with E-state index in [1.54, 1.807) is 5.01 Å². The van der Waals surface area contributed by atoms with Crippen molar-refractivity contribution in [2.24, 2.45) is 5.10 Å². The highest BCUT2D eigenvalue weighted by atomic mass is 32.2. The van der Waals surface area contributed by atoms with Gasteiger partial charge in [0, 0.05) is 18.2 Å². The summed E-state index contributed by atoms with van der Waals surface area (Å²) in [7, 11) is 0. The van der Waals surface area contributed by atoms with Crippen molar-refractivity contribution in [1.29, 1.82) is 0 Å². The molecule has 1 aromatic rings. The number of hydrogen-bond donors (Lipinski definition) is 0. The summed E-state index contributed by atoms with van der Waals surface area (Å²) >= 11 is 1.90. The van der Waals surface area contributed by atoms with Crippen LogP contribution >= 0.6 is 11.8 Å². The molecule has 0 aliphatic carbocycles. The lowest BCUT2D eigenvalue weighted by molar-refractivity contribution is -0.131. The number of hydrogen-bond acceptors (Lipinski definition) is 4. The van der Waals surface area contributed by atoms with Crippen molar-refractivity contribution in [1.82, 2.24) is 9.91 Å². The summed E-state index contributed by atoms with van der Waals surface area (Å²) in [6, 6.07) is 10.1. The van der Waals surface area contributed by atoms with Crippen LogP contribution in [-0.4, -0.2) is 59.2 Å². The van der Waals surface area contributed by atoms with Crippen molar-refractivity contribution in [3.63, 3.8) is 0 Å². The third-order valence-corrected chi connectivity index (χ3v) is 5.17. The van der Waals surface area contributed by atoms with Crippen LogP contribution < -0.4 is 0 Å². The fourth-order valence-electron chi connectivity index (χ4n) is 2.88. The van der Waals surface area contributed by atoms with Gasteiger partial charge in [0.1, 0.15) is 0 Å². The number of benzene rings is 1. The zero-order valence-corrected chi connectivity index (χ0v) is 13.2. The smallest absolute Gasteiger partial charge is 0.256 e. The first-order valence-corrected chi connectivity index (χ1v) is 8.73. The molecule has 1 aromatic carbocycles. The van der Waals surface area contributed by atoms with Gasteiger partial charge in [0.05, 0.1) is 18.8 Å². The first-order valence-electron chi connectivity index (χ1n) is 7.44. The lowest BCUT2D eigenvalue weighted by atomic mass is 10.1. The topological polar surface area (TPSA) is 35.9 Å². The van der Waals surface area contributed by atoms with Gasteiger partial charge in [-0.25, -0.2) is 5.01 Å². The summed E-state index contributed by atoms with van der Waals surface area (Å²) in [5.74, 6) is 0.127. The average Bonchev–Trinajstić information content (AvgIpc) is 3.17. The van der Waals surface area contributed by atoms with Gasteiger partial charge in [-0.15, -0.1) is 0 Å². The Morgan fingerprint density at radius 3 is 2.86 bits per heavy atom. The maximum atomic E-state index is 12.3. The Balaban J connectivity index is 1.58. The molecule has 0 radical (unpaired) electrons. The monoisotopic (exact) mass is 303 g/mol. The minimum absolute atomic E-state index is 0.127. The molecule has 112 valence electrons. The van der Waals surface area contributed by atoms with E-state index in [1.165, 1.54) is 6.42 Å². The van der Waals surface area contributed by atoms with Crippen LogP contribution in [0.4, 0.5) is 0 Å². The van der Waals surface area contributed by atoms with E-state index in [1.807, 2.05) is 30.0 Å². The molecule has 5 heteroatoms. The van der Waals surface area contributed by atoms with Gasteiger partial charge in [-0.1, -0.05) is 30.3 Å². The summed E-state index contributed by atoms with van der Waals surface area (Å²) in [6.45, 7) is 3.27. The third kappa shape index (κ3) is 3.47. The van der Waals surface area contributed by atoms with Crippen molar-refractivity contribution < 1.29 is 4.79 Å². The van der Waals surface area contributed by atoms with Crippen LogP contribution in [0, 0.1) is 0 Å². The molecule has 2 aliphatic rings. The summed E-state index contributed by atoms with van der Waals surface area (Å²) in [6.07, 6.45) is 4.18. The zero-order valence-electron chi connectivity index (χ0n) is 12.4. The summed E-state index contributed by atoms with van der Waals surface area (Å²) in [5.41, 5.74) is 2.14. The predicted octanol–water partition coefficient (Wildman–Crippen LogP) is 2.06. The number of hydrazone groups is 1. The Morgan fingerprint density at radius 1 is 1.33 bits per heavy atom. The second kappa shape index (κ2) is 6.62. The Hall–Kier alpha value is -1.33. The third-order valence-electron chi connectivity index (χ3n) is 4.12. The standard InChI is InChI=1S/C16H21N3OS/c1-21-14-7-9-18(11-14)12-16(20)19-10-8-15(17-19)13-5-3-2-4-6-13/h2-6,14H,7-12H2,1H3. The molecule has 4 nitrogen and oxygen atoms in total. The molecular formula is C16H21N3OS. The van der Waals surface area contributed by atoms with E-state index in [2.05, 4.69) is 28.4 Å². The average molecular weight is 303 g/mol. The van der Waals surface area contributed by atoms with Gasteiger partial charge in [0.25, 0.3) is 5.91 Å². The molecule has 3 rings (SSSR count). The number of likely N-dealkylation sites (tertiary alicyclic amines) is 1. The van der Waals surface area contributed by atoms with Gasteiger partial charge in [-0.05, 0) is 24.8 Å². The number of nitrogens with zero attached hydrogens (tertiary/aromatic N) is 3. The van der Waals surface area contributed by atoms with Crippen LogP contribution in [0.3, 0.4) is 0 Å². The Kier molecular flexibility index (Phi) is 4.60. The highest BCUT2D eigenvalue weighted by Gasteiger charge is 2.27. The van der Waals surface area contributed by atoms with E-state index in [4.69, 9.17) is 0 Å². The second-order valence-corrected chi connectivity index (χ2v) is 6.70. The molecule has 21 heavy (non-hydrogen) atoms. The van der Waals surface area contributed by atoms with Crippen LogP contribution in [-0.2, 0) is 4.79 Å². The normalized spacial score (nSPS) is 22.6. The summed E-state index contributed by atoms with van der Waals surface area (Å²) in [5, 5.41) is 6.84. The first kappa shape index (κ1) is 14.6. The lowest BCUT2D eigenvalue weighted by Gasteiger charge is -2.18. The van der Waals surface area contributed by atoms with Gasteiger partial charge in [0.15, 0.2) is 0 Å². The van der Waals surface area contributed by atoms with E-state index in [0.29, 0.717) is 18.3 Å². The highest BCUT2D eigenvalue weighted by molar-refractivity contribution is 7.99. The highest BCUT2D eigenvalue weighted by Crippen LogP contribution is 2.20. The maximum Gasteiger partial charge on any atom is 0.256 e. The zero-order chi connectivity index (χ0) is 14.7. The molecule has 2 heterocycles. The molecule has 1 unspecified atom stereocenters. The summed E-state index contributed by atoms with van der Waals surface area (Å²) in [4.78, 5) is 14.6. The van der Waals surface area contributed by atoms with Crippen molar-refractivity contribution in [2.75, 3.05) is 32.4 Å². The van der Waals surface area contributed by atoms with E-state index >= 15 is 0 Å². The number of carbonyl (C=O) groups excluding carboxylic acids is 1. The molecule has 0 bridgehead atoms. The molecule has 0 N–H and O–H groups in total. The number of thioether (sulfide) groups is 1. The Bertz CT molecular complexity index is 532. The fourth-order valence-corrected chi connectivity index (χ4v) is 3.58. The molecule has 0 saturated carbocycles. The fraction of sp³-hybridized carbons (Fsp3) is 0.500. The minimum Gasteiger partial charge on any atom is -0.293 e. The van der Waals surface area contributed by atoms with Crippen molar-refractivity contribution >= 4 is 23.4 Å². The Labute approximate surface area is 130 Å². The molecule has 1 amide bonds. The van der Waals surface area contributed by atoms with Crippen molar-refractivity contribution in [3.8, 4) is 0 Å². The lowest BCUT2D eigenvalue weighted by Crippen LogP contribution is -2.36. The van der Waals surface area contributed by atoms with Crippen molar-refractivity contribution in [2.45, 2.75) is 18.1 Å². The van der Waals surface area contributed by atoms with E-state index < -0.39 is 0 Å². The second-order valence-electron chi connectivity index (χ2n) is 5.56. The quantitative estimate of drug-likeness (QED) is 0.854. The van der Waals surface area contributed by atoms with Crippen LogP contribution in [0.2, 0.25) is 0 Å². The maximum absolute atomic E-state index is 12.3. The van der Waals surface area contributed by atoms with Crippen LogP contribution in [0.15, 0.2) is 35.4 Å². The minimum atomic E-state index is 0.127. The first-order chi connectivity index (χ1) is 10.3. The molecule has 2 aliphatic heterocycles. The number of rotatable bonds is 4. The van der Waals surface area contributed by atoms with E-state index in [-0.39, 0.29) is 5.91 Å². The van der Waals surface area contributed by atoms with Gasteiger partial charge >= 0.3 is 0 Å².